The van der Waals surface area contributed by atoms with Gasteiger partial charge in [-0.1, -0.05) is 6.92 Å². The lowest BCUT2D eigenvalue weighted by molar-refractivity contribution is 0.509. The Morgan fingerprint density at radius 3 is 2.53 bits per heavy atom. The minimum absolute atomic E-state index is 0.398. The van der Waals surface area contributed by atoms with E-state index in [1.807, 2.05) is 6.92 Å². The van der Waals surface area contributed by atoms with Crippen LogP contribution in [-0.2, 0) is 6.42 Å². The average Bonchev–Trinajstić information content (AvgIpc) is 2.42. The van der Waals surface area contributed by atoms with E-state index in [2.05, 4.69) is 20.7 Å². The number of hydrazine groups is 1. The van der Waals surface area contributed by atoms with Crippen molar-refractivity contribution in [2.24, 2.45) is 5.84 Å². The summed E-state index contributed by atoms with van der Waals surface area (Å²) in [5.74, 6) is 4.52. The molecule has 5 nitrogen and oxygen atoms in total. The van der Waals surface area contributed by atoms with Gasteiger partial charge >= 0.3 is 0 Å². The van der Waals surface area contributed by atoms with Crippen molar-refractivity contribution in [2.45, 2.75) is 13.3 Å². The number of hydrogen-bond donors (Lipinski definition) is 3. The number of anilines is 3. The number of hydrogen-bond acceptors (Lipinski definition) is 5. The predicted molar refractivity (Wildman–Crippen MR) is 68.9 cm³/mol. The Hall–Kier alpha value is -2.28. The second-order valence-electron chi connectivity index (χ2n) is 3.80. The van der Waals surface area contributed by atoms with Crippen molar-refractivity contribution in [3.05, 3.63) is 41.7 Å². The number of nitrogen functional groups attached to an aromatic ring is 1. The van der Waals surface area contributed by atoms with Gasteiger partial charge in [-0.05, 0) is 18.6 Å². The molecule has 4 N–H and O–H groups in total. The molecule has 1 aromatic heterocycles. The first-order chi connectivity index (χ1) is 9.15. The summed E-state index contributed by atoms with van der Waals surface area (Å²) in [5.41, 5.74) is 3.63. The van der Waals surface area contributed by atoms with Crippen LogP contribution in [0.3, 0.4) is 0 Å². The van der Waals surface area contributed by atoms with E-state index in [9.17, 15) is 8.78 Å². The molecule has 0 radical (unpaired) electrons. The maximum Gasteiger partial charge on any atom is 0.160 e. The summed E-state index contributed by atoms with van der Waals surface area (Å²) in [7, 11) is 0. The van der Waals surface area contributed by atoms with Crippen molar-refractivity contribution in [2.75, 3.05) is 10.7 Å². The van der Waals surface area contributed by atoms with Crippen molar-refractivity contribution in [3.63, 3.8) is 0 Å². The molecule has 19 heavy (non-hydrogen) atoms. The fraction of sp³-hybridized carbons (Fsp3) is 0.167. The second kappa shape index (κ2) is 5.57. The molecule has 2 aromatic rings. The van der Waals surface area contributed by atoms with Gasteiger partial charge in [-0.3, -0.25) is 0 Å². The van der Waals surface area contributed by atoms with Gasteiger partial charge in [0.15, 0.2) is 11.6 Å². The molecule has 0 atom stereocenters. The Morgan fingerprint density at radius 2 is 1.89 bits per heavy atom. The van der Waals surface area contributed by atoms with Crippen molar-refractivity contribution in [1.29, 1.82) is 0 Å². The quantitative estimate of drug-likeness (QED) is 0.584. The van der Waals surface area contributed by atoms with E-state index < -0.39 is 11.6 Å². The van der Waals surface area contributed by atoms with Crippen molar-refractivity contribution < 1.29 is 8.78 Å². The predicted octanol–water partition coefficient (Wildman–Crippen LogP) is 2.35. The van der Waals surface area contributed by atoms with E-state index in [4.69, 9.17) is 5.84 Å². The number of nitrogens with one attached hydrogen (secondary N) is 2. The van der Waals surface area contributed by atoms with Crippen LogP contribution in [0.4, 0.5) is 26.1 Å². The smallest absolute Gasteiger partial charge is 0.160 e. The maximum absolute atomic E-state index is 13.1. The number of rotatable bonds is 4. The summed E-state index contributed by atoms with van der Waals surface area (Å²) in [6.45, 7) is 1.91. The third kappa shape index (κ3) is 2.76. The van der Waals surface area contributed by atoms with Crippen LogP contribution in [0.1, 0.15) is 12.5 Å². The first kappa shape index (κ1) is 13.2. The van der Waals surface area contributed by atoms with Crippen LogP contribution in [0.5, 0.6) is 0 Å². The van der Waals surface area contributed by atoms with E-state index >= 15 is 0 Å². The highest BCUT2D eigenvalue weighted by Gasteiger charge is 2.10. The third-order valence-corrected chi connectivity index (χ3v) is 2.62. The molecule has 0 amide bonds. The first-order valence-corrected chi connectivity index (χ1v) is 5.68. The first-order valence-electron chi connectivity index (χ1n) is 5.68. The summed E-state index contributed by atoms with van der Waals surface area (Å²) < 4.78 is 26.0. The Balaban J connectivity index is 2.35. The van der Waals surface area contributed by atoms with Crippen LogP contribution in [0.15, 0.2) is 24.5 Å². The molecule has 0 saturated carbocycles. The van der Waals surface area contributed by atoms with E-state index in [0.717, 1.165) is 17.7 Å². The Kier molecular flexibility index (Phi) is 3.86. The standard InChI is InChI=1S/C12H13F2N5/c1-2-8-11(16-6-17-12(8)19-15)18-7-3-4-9(13)10(14)5-7/h3-6H,2,15H2,1H3,(H2,16,17,18,19). The van der Waals surface area contributed by atoms with Crippen molar-refractivity contribution in [1.82, 2.24) is 9.97 Å². The highest BCUT2D eigenvalue weighted by atomic mass is 19.2. The Bertz CT molecular complexity index is 588. The molecule has 1 aromatic carbocycles. The highest BCUT2D eigenvalue weighted by Crippen LogP contribution is 2.24. The summed E-state index contributed by atoms with van der Waals surface area (Å²) in [6.07, 6.45) is 1.96. The van der Waals surface area contributed by atoms with Crippen LogP contribution in [-0.4, -0.2) is 9.97 Å². The highest BCUT2D eigenvalue weighted by molar-refractivity contribution is 5.64. The normalized spacial score (nSPS) is 10.3. The van der Waals surface area contributed by atoms with Gasteiger partial charge in [-0.2, -0.15) is 0 Å². The number of nitrogens with zero attached hydrogens (tertiary/aromatic N) is 2. The lowest BCUT2D eigenvalue weighted by Crippen LogP contribution is -2.13. The SMILES string of the molecule is CCc1c(NN)ncnc1Nc1ccc(F)c(F)c1. The fourth-order valence-electron chi connectivity index (χ4n) is 1.69. The van der Waals surface area contributed by atoms with Gasteiger partial charge in [0, 0.05) is 17.3 Å². The fourth-order valence-corrected chi connectivity index (χ4v) is 1.69. The molecular formula is C12H13F2N5. The van der Waals surface area contributed by atoms with Crippen LogP contribution >= 0.6 is 0 Å². The zero-order valence-corrected chi connectivity index (χ0v) is 10.2. The van der Waals surface area contributed by atoms with Gasteiger partial charge in [0.05, 0.1) is 0 Å². The molecule has 0 saturated heterocycles. The molecule has 0 fully saturated rings. The van der Waals surface area contributed by atoms with Crippen molar-refractivity contribution >= 4 is 17.3 Å². The van der Waals surface area contributed by atoms with E-state index in [1.54, 1.807) is 0 Å². The topological polar surface area (TPSA) is 75.9 Å². The summed E-state index contributed by atoms with van der Waals surface area (Å²) in [5, 5.41) is 2.91. The lowest BCUT2D eigenvalue weighted by Gasteiger charge is -2.12. The molecule has 0 aliphatic heterocycles. The minimum atomic E-state index is -0.922. The average molecular weight is 265 g/mol. The molecule has 7 heteroatoms. The zero-order valence-electron chi connectivity index (χ0n) is 10.2. The number of halogens is 2. The van der Waals surface area contributed by atoms with E-state index in [-0.39, 0.29) is 0 Å². The van der Waals surface area contributed by atoms with Crippen molar-refractivity contribution in [3.8, 4) is 0 Å². The van der Waals surface area contributed by atoms with Gasteiger partial charge in [0.2, 0.25) is 0 Å². The molecule has 0 aliphatic rings. The Morgan fingerprint density at radius 1 is 1.16 bits per heavy atom. The number of aromatic nitrogens is 2. The molecule has 1 heterocycles. The summed E-state index contributed by atoms with van der Waals surface area (Å²) in [4.78, 5) is 8.05. The van der Waals surface area contributed by atoms with E-state index in [1.165, 1.54) is 12.4 Å². The largest absolute Gasteiger partial charge is 0.340 e. The summed E-state index contributed by atoms with van der Waals surface area (Å²) >= 11 is 0. The lowest BCUT2D eigenvalue weighted by atomic mass is 10.2. The molecule has 0 unspecified atom stereocenters. The van der Waals surface area contributed by atoms with Crippen LogP contribution < -0.4 is 16.6 Å². The molecule has 100 valence electrons. The third-order valence-electron chi connectivity index (χ3n) is 2.62. The Labute approximate surface area is 108 Å². The van der Waals surface area contributed by atoms with Crippen LogP contribution in [0.2, 0.25) is 0 Å². The second-order valence-corrected chi connectivity index (χ2v) is 3.80. The van der Waals surface area contributed by atoms with Crippen LogP contribution in [0, 0.1) is 11.6 Å². The molecule has 0 bridgehead atoms. The van der Waals surface area contributed by atoms with Gasteiger partial charge in [-0.15, -0.1) is 0 Å². The number of benzene rings is 1. The van der Waals surface area contributed by atoms with E-state index in [0.29, 0.717) is 23.7 Å². The maximum atomic E-state index is 13.1. The minimum Gasteiger partial charge on any atom is -0.340 e. The summed E-state index contributed by atoms with van der Waals surface area (Å²) in [6, 6.07) is 3.54. The van der Waals surface area contributed by atoms with Gasteiger partial charge in [-0.25, -0.2) is 24.6 Å². The monoisotopic (exact) mass is 265 g/mol. The number of nitrogens with two attached hydrogens (primary N) is 1. The van der Waals surface area contributed by atoms with Crippen LogP contribution in [0.25, 0.3) is 0 Å². The van der Waals surface area contributed by atoms with Gasteiger partial charge in [0.25, 0.3) is 0 Å². The molecular weight excluding hydrogens is 252 g/mol. The van der Waals surface area contributed by atoms with Gasteiger partial charge < -0.3 is 10.7 Å². The molecule has 2 rings (SSSR count). The zero-order chi connectivity index (χ0) is 13.8. The van der Waals surface area contributed by atoms with Gasteiger partial charge in [0.1, 0.15) is 18.0 Å². The molecule has 0 aliphatic carbocycles. The molecule has 0 spiro atoms.